The molecule has 3 aromatic rings. The Balaban J connectivity index is 0.000000500. The molecule has 188 valence electrons. The van der Waals surface area contributed by atoms with Gasteiger partial charge < -0.3 is 15.3 Å². The highest BCUT2D eigenvalue weighted by Gasteiger charge is 2.14. The summed E-state index contributed by atoms with van der Waals surface area (Å²) in [4.78, 5) is 32.6. The molecule has 0 aliphatic rings. The van der Waals surface area contributed by atoms with E-state index in [0.717, 1.165) is 27.6 Å². The summed E-state index contributed by atoms with van der Waals surface area (Å²) in [6.45, 7) is 0. The molecule has 0 aliphatic heterocycles. The van der Waals surface area contributed by atoms with Gasteiger partial charge >= 0.3 is 0 Å². The Hall–Kier alpha value is -3.15. The number of benzene rings is 3. The van der Waals surface area contributed by atoms with E-state index in [1.165, 1.54) is 17.8 Å². The molecule has 35 heavy (non-hydrogen) atoms. The van der Waals surface area contributed by atoms with Crippen LogP contribution < -0.4 is 0 Å². The molecule has 0 aliphatic carbocycles. The van der Waals surface area contributed by atoms with Crippen LogP contribution in [-0.4, -0.2) is 51.6 Å². The van der Waals surface area contributed by atoms with E-state index in [0.29, 0.717) is 28.8 Å². The predicted molar refractivity (Wildman–Crippen MR) is 144 cm³/mol. The molecule has 3 aromatic carbocycles. The van der Waals surface area contributed by atoms with Crippen molar-refractivity contribution in [1.82, 2.24) is 0 Å². The maximum Gasteiger partial charge on any atom is 0.271 e. The molecule has 0 saturated heterocycles. The van der Waals surface area contributed by atoms with Crippen molar-refractivity contribution in [1.29, 1.82) is 0 Å². The van der Waals surface area contributed by atoms with Gasteiger partial charge in [0.1, 0.15) is 17.2 Å². The SMILES string of the molecule is C.CSc1cc([N+](=O)[O-])cc(C=O)c1O.CSc1cccc(C=O)c1O.CSc1ccccc1O. The molecule has 0 unspecified atom stereocenters. The second-order valence-electron chi connectivity index (χ2n) is 6.15. The molecule has 0 atom stereocenters. The molecule has 8 nitrogen and oxygen atoms in total. The smallest absolute Gasteiger partial charge is 0.271 e. The lowest BCUT2D eigenvalue weighted by atomic mass is 10.2. The largest absolute Gasteiger partial charge is 0.507 e. The fraction of sp³-hybridized carbons (Fsp3) is 0.167. The van der Waals surface area contributed by atoms with Crippen LogP contribution in [0, 0.1) is 10.1 Å². The van der Waals surface area contributed by atoms with Gasteiger partial charge in [-0.1, -0.05) is 25.6 Å². The summed E-state index contributed by atoms with van der Waals surface area (Å²) in [5.41, 5.74) is 0.0784. The molecule has 0 spiro atoms. The molecule has 0 aromatic heterocycles. The van der Waals surface area contributed by atoms with Crippen LogP contribution in [0.4, 0.5) is 5.69 Å². The average Bonchev–Trinajstić information content (AvgIpc) is 2.85. The Morgan fingerprint density at radius 1 is 0.743 bits per heavy atom. The number of nitro benzene ring substituents is 1. The summed E-state index contributed by atoms with van der Waals surface area (Å²) < 4.78 is 0. The number of carbonyl (C=O) groups is 2. The number of aldehydes is 2. The zero-order valence-corrected chi connectivity index (χ0v) is 20.9. The minimum Gasteiger partial charge on any atom is -0.507 e. The Morgan fingerprint density at radius 2 is 1.26 bits per heavy atom. The zero-order valence-electron chi connectivity index (χ0n) is 18.5. The van der Waals surface area contributed by atoms with Gasteiger partial charge in [-0.25, -0.2) is 0 Å². The molecule has 11 heteroatoms. The van der Waals surface area contributed by atoms with Gasteiger partial charge in [0.15, 0.2) is 12.6 Å². The van der Waals surface area contributed by atoms with E-state index in [1.807, 2.05) is 30.7 Å². The fourth-order valence-corrected chi connectivity index (χ4v) is 3.96. The predicted octanol–water partition coefficient (Wildman–Crippen LogP) is 6.51. The Kier molecular flexibility index (Phi) is 15.0. The average molecular weight is 538 g/mol. The van der Waals surface area contributed by atoms with Crippen molar-refractivity contribution < 1.29 is 29.8 Å². The van der Waals surface area contributed by atoms with Crippen molar-refractivity contribution in [3.8, 4) is 17.2 Å². The number of phenols is 3. The first-order chi connectivity index (χ1) is 16.2. The molecule has 0 saturated carbocycles. The van der Waals surface area contributed by atoms with Gasteiger partial charge in [-0.2, -0.15) is 0 Å². The van der Waals surface area contributed by atoms with Gasteiger partial charge in [-0.05, 0) is 43.0 Å². The molecule has 0 bridgehead atoms. The topological polar surface area (TPSA) is 138 Å². The standard InChI is InChI=1S/C8H7NO4S.C8H8O2S.C7H8OS.CH4/c1-14-7-3-6(9(12)13)2-5(4-10)8(7)11;1-11-7-4-2-3-6(5-9)8(7)10;1-9-7-5-3-2-4-6(7)8;/h2-4,11H,1H3;2-5,10H,1H3;2-5,8H,1H3;1H4. The van der Waals surface area contributed by atoms with E-state index in [2.05, 4.69) is 0 Å². The van der Waals surface area contributed by atoms with Gasteiger partial charge in [0.2, 0.25) is 0 Å². The maximum atomic E-state index is 10.5. The van der Waals surface area contributed by atoms with Crippen LogP contribution in [0.1, 0.15) is 28.1 Å². The molecule has 0 fully saturated rings. The van der Waals surface area contributed by atoms with E-state index < -0.39 is 4.92 Å². The van der Waals surface area contributed by atoms with Crippen LogP contribution in [0.2, 0.25) is 0 Å². The van der Waals surface area contributed by atoms with E-state index >= 15 is 0 Å². The number of aromatic hydroxyl groups is 3. The van der Waals surface area contributed by atoms with Gasteiger partial charge in [-0.3, -0.25) is 19.7 Å². The fourth-order valence-electron chi connectivity index (χ4n) is 2.39. The summed E-state index contributed by atoms with van der Waals surface area (Å²) in [5, 5.41) is 38.3. The van der Waals surface area contributed by atoms with Crippen LogP contribution in [0.15, 0.2) is 69.3 Å². The summed E-state index contributed by atoms with van der Waals surface area (Å²) in [6, 6.07) is 14.7. The molecule has 0 amide bonds. The third-order valence-electron chi connectivity index (χ3n) is 4.11. The molecule has 0 radical (unpaired) electrons. The highest BCUT2D eigenvalue weighted by molar-refractivity contribution is 7.99. The summed E-state index contributed by atoms with van der Waals surface area (Å²) in [5.74, 6) is 0.234. The number of thioether (sulfide) groups is 3. The van der Waals surface area contributed by atoms with E-state index in [9.17, 15) is 29.9 Å². The first-order valence-corrected chi connectivity index (χ1v) is 13.0. The highest BCUT2D eigenvalue weighted by Crippen LogP contribution is 2.33. The third-order valence-corrected chi connectivity index (χ3v) is 6.41. The molecule has 3 rings (SSSR count). The summed E-state index contributed by atoms with van der Waals surface area (Å²) in [7, 11) is 0. The van der Waals surface area contributed by atoms with Crippen LogP contribution in [-0.2, 0) is 0 Å². The number of rotatable bonds is 6. The first kappa shape index (κ1) is 31.9. The number of hydrogen-bond acceptors (Lipinski definition) is 10. The molecule has 0 heterocycles. The van der Waals surface area contributed by atoms with Crippen molar-refractivity contribution in [3.05, 3.63) is 75.8 Å². The number of non-ortho nitro benzene ring substituents is 1. The second kappa shape index (κ2) is 16.5. The van der Waals surface area contributed by atoms with Crippen molar-refractivity contribution in [2.45, 2.75) is 22.1 Å². The number of para-hydroxylation sites is 2. The van der Waals surface area contributed by atoms with Gasteiger partial charge in [0.25, 0.3) is 5.69 Å². The van der Waals surface area contributed by atoms with E-state index in [4.69, 9.17) is 5.11 Å². The lowest BCUT2D eigenvalue weighted by Gasteiger charge is -2.02. The van der Waals surface area contributed by atoms with Crippen molar-refractivity contribution in [2.75, 3.05) is 18.8 Å². The lowest BCUT2D eigenvalue weighted by Crippen LogP contribution is -1.92. The zero-order chi connectivity index (χ0) is 25.7. The van der Waals surface area contributed by atoms with E-state index in [-0.39, 0.29) is 30.2 Å². The number of phenolic OH excluding ortho intramolecular Hbond substituents is 3. The Labute approximate surface area is 216 Å². The third kappa shape index (κ3) is 9.55. The first-order valence-electron chi connectivity index (χ1n) is 9.37. The molecular formula is C24H27NO7S3. The summed E-state index contributed by atoms with van der Waals surface area (Å²) in [6.07, 6.45) is 6.49. The Morgan fingerprint density at radius 3 is 1.71 bits per heavy atom. The number of nitrogens with zero attached hydrogens (tertiary/aromatic N) is 1. The molecular weight excluding hydrogens is 510 g/mol. The number of carbonyl (C=O) groups excluding carboxylic acids is 2. The van der Waals surface area contributed by atoms with Gasteiger partial charge in [-0.15, -0.1) is 35.3 Å². The monoisotopic (exact) mass is 537 g/mol. The van der Waals surface area contributed by atoms with Crippen LogP contribution in [0.25, 0.3) is 0 Å². The van der Waals surface area contributed by atoms with Crippen LogP contribution in [0.5, 0.6) is 17.2 Å². The minimum atomic E-state index is -0.605. The summed E-state index contributed by atoms with van der Waals surface area (Å²) >= 11 is 4.10. The van der Waals surface area contributed by atoms with Gasteiger partial charge in [0, 0.05) is 21.9 Å². The minimum absolute atomic E-state index is 0. The van der Waals surface area contributed by atoms with Gasteiger partial charge in [0.05, 0.1) is 20.9 Å². The quantitative estimate of drug-likeness (QED) is 0.138. The van der Waals surface area contributed by atoms with E-state index in [1.54, 1.807) is 42.3 Å². The maximum absolute atomic E-state index is 10.5. The van der Waals surface area contributed by atoms with Crippen LogP contribution in [0.3, 0.4) is 0 Å². The second-order valence-corrected chi connectivity index (χ2v) is 8.69. The highest BCUT2D eigenvalue weighted by atomic mass is 32.2. The Bertz CT molecular complexity index is 1140. The normalized spacial score (nSPS) is 9.34. The van der Waals surface area contributed by atoms with Crippen molar-refractivity contribution in [3.63, 3.8) is 0 Å². The van der Waals surface area contributed by atoms with Crippen LogP contribution >= 0.6 is 35.3 Å². The van der Waals surface area contributed by atoms with Crippen molar-refractivity contribution in [2.24, 2.45) is 0 Å². The number of hydrogen-bond donors (Lipinski definition) is 3. The number of nitro groups is 1. The lowest BCUT2D eigenvalue weighted by molar-refractivity contribution is -0.385. The van der Waals surface area contributed by atoms with Crippen molar-refractivity contribution >= 4 is 53.5 Å². The molecule has 3 N–H and O–H groups in total.